The number of hydrogen-bond donors (Lipinski definition) is 0. The minimum absolute atomic E-state index is 0.0167. The van der Waals surface area contributed by atoms with E-state index < -0.39 is 0 Å². The zero-order valence-electron chi connectivity index (χ0n) is 9.21. The molecule has 4 heteroatoms. The van der Waals surface area contributed by atoms with E-state index in [-0.39, 0.29) is 18.4 Å². The Bertz CT molecular complexity index is 192. The zero-order chi connectivity index (χ0) is 11.0. The highest BCUT2D eigenvalue weighted by Gasteiger charge is 2.14. The molecule has 0 radical (unpaired) electrons. The van der Waals surface area contributed by atoms with Crippen LogP contribution >= 0.6 is 0 Å². The largest absolute Gasteiger partial charge is 0.465 e. The fraction of sp³-hybridized carbons (Fsp3) is 0.800. The van der Waals surface area contributed by atoms with Gasteiger partial charge in [0.05, 0.1) is 6.61 Å². The molecule has 1 amide bonds. The molecular formula is C10H19NO3. The lowest BCUT2D eigenvalue weighted by Crippen LogP contribution is -2.36. The molecule has 0 atom stereocenters. The van der Waals surface area contributed by atoms with E-state index in [4.69, 9.17) is 4.74 Å². The van der Waals surface area contributed by atoms with Crippen LogP contribution in [-0.4, -0.2) is 36.5 Å². The smallest absolute Gasteiger partial charge is 0.325 e. The molecule has 0 aromatic carbocycles. The van der Waals surface area contributed by atoms with Crippen LogP contribution in [0.15, 0.2) is 0 Å². The standard InChI is InChI=1S/C10H19NO3/c1-4-7-9(12)11(5-2)8-10(13)14-6-3/h4-8H2,1-3H3. The Labute approximate surface area is 85.2 Å². The van der Waals surface area contributed by atoms with Crippen molar-refractivity contribution in [3.63, 3.8) is 0 Å². The number of likely N-dealkylation sites (N-methyl/N-ethyl adjacent to an activating group) is 1. The summed E-state index contributed by atoms with van der Waals surface area (Å²) in [6.07, 6.45) is 1.30. The van der Waals surface area contributed by atoms with Crippen molar-refractivity contribution in [3.05, 3.63) is 0 Å². The van der Waals surface area contributed by atoms with Crippen molar-refractivity contribution >= 4 is 11.9 Å². The fourth-order valence-electron chi connectivity index (χ4n) is 1.11. The van der Waals surface area contributed by atoms with Crippen LogP contribution in [0.4, 0.5) is 0 Å². The summed E-state index contributed by atoms with van der Waals surface area (Å²) < 4.78 is 4.77. The Balaban J connectivity index is 4.01. The maximum Gasteiger partial charge on any atom is 0.325 e. The van der Waals surface area contributed by atoms with Crippen LogP contribution in [0, 0.1) is 0 Å². The van der Waals surface area contributed by atoms with E-state index in [0.717, 1.165) is 6.42 Å². The number of carbonyl (C=O) groups excluding carboxylic acids is 2. The average Bonchev–Trinajstić information content (AvgIpc) is 2.15. The maximum absolute atomic E-state index is 11.4. The second-order valence-electron chi connectivity index (χ2n) is 2.96. The summed E-state index contributed by atoms with van der Waals surface area (Å²) in [6, 6.07) is 0. The van der Waals surface area contributed by atoms with Gasteiger partial charge in [0.2, 0.25) is 5.91 Å². The van der Waals surface area contributed by atoms with Crippen molar-refractivity contribution in [3.8, 4) is 0 Å². The number of amides is 1. The van der Waals surface area contributed by atoms with Crippen LogP contribution in [0.1, 0.15) is 33.6 Å². The van der Waals surface area contributed by atoms with Crippen LogP contribution < -0.4 is 0 Å². The summed E-state index contributed by atoms with van der Waals surface area (Å²) in [4.78, 5) is 24.1. The second-order valence-corrected chi connectivity index (χ2v) is 2.96. The van der Waals surface area contributed by atoms with Gasteiger partial charge in [-0.15, -0.1) is 0 Å². The van der Waals surface area contributed by atoms with E-state index in [1.165, 1.54) is 4.90 Å². The predicted octanol–water partition coefficient (Wildman–Crippen LogP) is 1.20. The Morgan fingerprint density at radius 2 is 1.86 bits per heavy atom. The van der Waals surface area contributed by atoms with Crippen molar-refractivity contribution in [1.29, 1.82) is 0 Å². The first-order valence-corrected chi connectivity index (χ1v) is 5.09. The highest BCUT2D eigenvalue weighted by Crippen LogP contribution is 1.97. The number of hydrogen-bond acceptors (Lipinski definition) is 3. The molecule has 0 saturated carbocycles. The van der Waals surface area contributed by atoms with Crippen molar-refractivity contribution in [2.45, 2.75) is 33.6 Å². The topological polar surface area (TPSA) is 46.6 Å². The zero-order valence-corrected chi connectivity index (χ0v) is 9.21. The molecule has 0 aromatic heterocycles. The molecule has 0 N–H and O–H groups in total. The van der Waals surface area contributed by atoms with Crippen molar-refractivity contribution < 1.29 is 14.3 Å². The maximum atomic E-state index is 11.4. The summed E-state index contributed by atoms with van der Waals surface area (Å²) in [5.41, 5.74) is 0. The first kappa shape index (κ1) is 12.9. The van der Waals surface area contributed by atoms with E-state index in [9.17, 15) is 9.59 Å². The van der Waals surface area contributed by atoms with Crippen LogP contribution in [0.2, 0.25) is 0 Å². The van der Waals surface area contributed by atoms with Gasteiger partial charge in [0.15, 0.2) is 0 Å². The lowest BCUT2D eigenvalue weighted by Gasteiger charge is -2.19. The summed E-state index contributed by atoms with van der Waals surface area (Å²) in [5, 5.41) is 0. The van der Waals surface area contributed by atoms with Crippen molar-refractivity contribution in [2.24, 2.45) is 0 Å². The molecule has 0 aliphatic rings. The molecule has 0 bridgehead atoms. The van der Waals surface area contributed by atoms with Gasteiger partial charge in [-0.25, -0.2) is 0 Å². The monoisotopic (exact) mass is 201 g/mol. The molecule has 0 heterocycles. The lowest BCUT2D eigenvalue weighted by atomic mass is 10.3. The van der Waals surface area contributed by atoms with Gasteiger partial charge in [0.25, 0.3) is 0 Å². The number of esters is 1. The third kappa shape index (κ3) is 4.84. The van der Waals surface area contributed by atoms with Gasteiger partial charge in [-0.2, -0.15) is 0 Å². The van der Waals surface area contributed by atoms with Crippen LogP contribution in [0.5, 0.6) is 0 Å². The van der Waals surface area contributed by atoms with Gasteiger partial charge in [-0.05, 0) is 20.3 Å². The Morgan fingerprint density at radius 1 is 1.21 bits per heavy atom. The minimum atomic E-state index is -0.334. The van der Waals surface area contributed by atoms with Gasteiger partial charge in [0.1, 0.15) is 6.54 Å². The quantitative estimate of drug-likeness (QED) is 0.607. The second kappa shape index (κ2) is 7.35. The van der Waals surface area contributed by atoms with E-state index in [1.807, 2.05) is 13.8 Å². The van der Waals surface area contributed by atoms with Gasteiger partial charge in [-0.1, -0.05) is 6.92 Å². The molecule has 0 fully saturated rings. The fourth-order valence-corrected chi connectivity index (χ4v) is 1.11. The summed E-state index contributed by atoms with van der Waals surface area (Å²) in [6.45, 7) is 6.53. The third-order valence-corrected chi connectivity index (χ3v) is 1.82. The van der Waals surface area contributed by atoms with Crippen LogP contribution in [0.3, 0.4) is 0 Å². The number of ether oxygens (including phenoxy) is 1. The molecule has 0 spiro atoms. The Kier molecular flexibility index (Phi) is 6.80. The highest BCUT2D eigenvalue weighted by atomic mass is 16.5. The van der Waals surface area contributed by atoms with Gasteiger partial charge in [-0.3, -0.25) is 9.59 Å². The lowest BCUT2D eigenvalue weighted by molar-refractivity contribution is -0.148. The summed E-state index contributed by atoms with van der Waals surface area (Å²) >= 11 is 0. The Hall–Kier alpha value is -1.06. The van der Waals surface area contributed by atoms with E-state index >= 15 is 0 Å². The highest BCUT2D eigenvalue weighted by molar-refractivity contribution is 5.81. The van der Waals surface area contributed by atoms with Gasteiger partial charge < -0.3 is 9.64 Å². The molecule has 0 saturated heterocycles. The molecule has 0 unspecified atom stereocenters. The van der Waals surface area contributed by atoms with Gasteiger partial charge >= 0.3 is 5.97 Å². The molecule has 14 heavy (non-hydrogen) atoms. The number of nitrogens with zero attached hydrogens (tertiary/aromatic N) is 1. The molecule has 82 valence electrons. The predicted molar refractivity (Wildman–Crippen MR) is 53.8 cm³/mol. The molecule has 0 aliphatic heterocycles. The molecule has 4 nitrogen and oxygen atoms in total. The van der Waals surface area contributed by atoms with Crippen molar-refractivity contribution in [2.75, 3.05) is 19.7 Å². The van der Waals surface area contributed by atoms with Gasteiger partial charge in [0, 0.05) is 13.0 Å². The average molecular weight is 201 g/mol. The Morgan fingerprint density at radius 3 is 2.29 bits per heavy atom. The molecular weight excluding hydrogens is 182 g/mol. The van der Waals surface area contributed by atoms with E-state index in [1.54, 1.807) is 6.92 Å². The SMILES string of the molecule is CCCC(=O)N(CC)CC(=O)OCC. The summed E-state index contributed by atoms with van der Waals surface area (Å²) in [7, 11) is 0. The van der Waals surface area contributed by atoms with E-state index in [0.29, 0.717) is 19.6 Å². The number of rotatable bonds is 6. The first-order chi connectivity index (χ1) is 6.65. The van der Waals surface area contributed by atoms with E-state index in [2.05, 4.69) is 0 Å². The van der Waals surface area contributed by atoms with Crippen LogP contribution in [-0.2, 0) is 14.3 Å². The summed E-state index contributed by atoms with van der Waals surface area (Å²) in [5.74, 6) is -0.318. The normalized spacial score (nSPS) is 9.64. The molecule has 0 rings (SSSR count). The first-order valence-electron chi connectivity index (χ1n) is 5.09. The minimum Gasteiger partial charge on any atom is -0.465 e. The molecule has 0 aliphatic carbocycles. The van der Waals surface area contributed by atoms with Crippen LogP contribution in [0.25, 0.3) is 0 Å². The molecule has 0 aromatic rings. The third-order valence-electron chi connectivity index (χ3n) is 1.82. The number of carbonyl (C=O) groups is 2. The van der Waals surface area contributed by atoms with Crippen molar-refractivity contribution in [1.82, 2.24) is 4.90 Å².